The zero-order chi connectivity index (χ0) is 31.4. The van der Waals surface area contributed by atoms with Crippen LogP contribution in [0.5, 0.6) is 0 Å². The maximum atomic E-state index is 14.2. The Bertz CT molecular complexity index is 1560. The van der Waals surface area contributed by atoms with E-state index in [9.17, 15) is 18.0 Å². The Labute approximate surface area is 267 Å². The number of carbonyl (C=O) groups excluding carboxylic acids is 2. The zero-order valence-electron chi connectivity index (χ0n) is 23.9. The number of rotatable bonds is 10. The van der Waals surface area contributed by atoms with Crippen molar-refractivity contribution in [3.05, 3.63) is 91.9 Å². The van der Waals surface area contributed by atoms with Crippen molar-refractivity contribution in [2.75, 3.05) is 10.8 Å². The number of aryl methyl sites for hydroxylation is 1. The van der Waals surface area contributed by atoms with E-state index >= 15 is 0 Å². The first kappa shape index (κ1) is 34.0. The predicted octanol–water partition coefficient (Wildman–Crippen LogP) is 7.53. The molecule has 1 atom stereocenters. The minimum absolute atomic E-state index is 0.0276. The molecule has 0 fully saturated rings. The van der Waals surface area contributed by atoms with Crippen LogP contribution >= 0.6 is 46.4 Å². The Balaban J connectivity index is 2.13. The second kappa shape index (κ2) is 13.9. The van der Waals surface area contributed by atoms with Gasteiger partial charge < -0.3 is 10.2 Å². The van der Waals surface area contributed by atoms with Gasteiger partial charge in [-0.1, -0.05) is 77.1 Å². The van der Waals surface area contributed by atoms with E-state index in [0.29, 0.717) is 10.6 Å². The van der Waals surface area contributed by atoms with E-state index in [1.54, 1.807) is 37.3 Å². The fourth-order valence-electron chi connectivity index (χ4n) is 4.23. The smallest absolute Gasteiger partial charge is 0.264 e. The van der Waals surface area contributed by atoms with Crippen LogP contribution in [-0.2, 0) is 26.2 Å². The van der Waals surface area contributed by atoms with E-state index in [2.05, 4.69) is 5.32 Å². The molecule has 2 amide bonds. The van der Waals surface area contributed by atoms with Gasteiger partial charge in [-0.15, -0.1) is 0 Å². The van der Waals surface area contributed by atoms with Crippen LogP contribution in [-0.4, -0.2) is 43.3 Å². The van der Waals surface area contributed by atoms with Gasteiger partial charge in [-0.05, 0) is 82.1 Å². The van der Waals surface area contributed by atoms with Gasteiger partial charge in [0.2, 0.25) is 11.8 Å². The molecule has 0 spiro atoms. The standard InChI is InChI=1S/C30H33Cl4N3O4S/c1-6-26(29(39)35-30(3,4)5)36(17-20-9-13-23(32)25(34)15-20)28(38)18-37(27-16-21(31)10-14-24(27)33)42(40,41)22-11-7-19(2)8-12-22/h7-16,26H,6,17-18H2,1-5H3,(H,35,39). The number of nitrogens with one attached hydrogen (secondary N) is 1. The van der Waals surface area contributed by atoms with Gasteiger partial charge in [0, 0.05) is 17.1 Å². The molecular formula is C30H33Cl4N3O4S. The van der Waals surface area contributed by atoms with Crippen LogP contribution in [0.15, 0.2) is 65.6 Å². The molecule has 12 heteroatoms. The number of amides is 2. The fraction of sp³-hybridized carbons (Fsp3) is 0.333. The molecule has 7 nitrogen and oxygen atoms in total. The van der Waals surface area contributed by atoms with Gasteiger partial charge >= 0.3 is 0 Å². The highest BCUT2D eigenvalue weighted by Crippen LogP contribution is 2.33. The highest BCUT2D eigenvalue weighted by atomic mass is 35.5. The molecule has 0 aliphatic rings. The minimum atomic E-state index is -4.30. The molecule has 0 saturated carbocycles. The minimum Gasteiger partial charge on any atom is -0.350 e. The summed E-state index contributed by atoms with van der Waals surface area (Å²) in [6.07, 6.45) is 0.262. The number of carbonyl (C=O) groups is 2. The first-order chi connectivity index (χ1) is 19.5. The van der Waals surface area contributed by atoms with Gasteiger partial charge in [0.15, 0.2) is 0 Å². The van der Waals surface area contributed by atoms with Crippen LogP contribution < -0.4 is 9.62 Å². The van der Waals surface area contributed by atoms with Crippen molar-refractivity contribution >= 4 is 73.9 Å². The fourth-order valence-corrected chi connectivity index (χ4v) is 6.42. The normalized spacial score (nSPS) is 12.5. The van der Waals surface area contributed by atoms with Crippen molar-refractivity contribution in [3.8, 4) is 0 Å². The van der Waals surface area contributed by atoms with E-state index in [4.69, 9.17) is 46.4 Å². The van der Waals surface area contributed by atoms with Gasteiger partial charge in [0.05, 0.1) is 25.7 Å². The molecule has 3 aromatic carbocycles. The van der Waals surface area contributed by atoms with E-state index in [-0.39, 0.29) is 44.5 Å². The van der Waals surface area contributed by atoms with Crippen LogP contribution in [0.1, 0.15) is 45.2 Å². The SMILES string of the molecule is CCC(C(=O)NC(C)(C)C)N(Cc1ccc(Cl)c(Cl)c1)C(=O)CN(c1cc(Cl)ccc1Cl)S(=O)(=O)c1ccc(C)cc1. The van der Waals surface area contributed by atoms with Gasteiger partial charge in [-0.2, -0.15) is 0 Å². The van der Waals surface area contributed by atoms with E-state index in [1.165, 1.54) is 35.2 Å². The summed E-state index contributed by atoms with van der Waals surface area (Å²) in [6, 6.07) is 14.6. The summed E-state index contributed by atoms with van der Waals surface area (Å²) in [4.78, 5) is 28.9. The van der Waals surface area contributed by atoms with Gasteiger partial charge in [0.25, 0.3) is 10.0 Å². The maximum absolute atomic E-state index is 14.2. The quantitative estimate of drug-likeness (QED) is 0.241. The molecule has 0 aliphatic heterocycles. The highest BCUT2D eigenvalue weighted by Gasteiger charge is 2.35. The Kier molecular flexibility index (Phi) is 11.2. The molecule has 1 unspecified atom stereocenters. The molecule has 0 aromatic heterocycles. The van der Waals surface area contributed by atoms with Crippen molar-refractivity contribution in [1.29, 1.82) is 0 Å². The van der Waals surface area contributed by atoms with Crippen LogP contribution in [0.2, 0.25) is 20.1 Å². The number of hydrogen-bond donors (Lipinski definition) is 1. The highest BCUT2D eigenvalue weighted by molar-refractivity contribution is 7.92. The lowest BCUT2D eigenvalue weighted by Crippen LogP contribution is -2.55. The molecule has 0 bridgehead atoms. The molecule has 1 N–H and O–H groups in total. The molecule has 0 heterocycles. The summed E-state index contributed by atoms with van der Waals surface area (Å²) >= 11 is 25.1. The van der Waals surface area contributed by atoms with Crippen LogP contribution in [0.4, 0.5) is 5.69 Å². The Morgan fingerprint density at radius 1 is 0.881 bits per heavy atom. The molecule has 42 heavy (non-hydrogen) atoms. The summed E-state index contributed by atoms with van der Waals surface area (Å²) in [5.74, 6) is -1.02. The first-order valence-corrected chi connectivity index (χ1v) is 16.1. The van der Waals surface area contributed by atoms with Crippen molar-refractivity contribution in [1.82, 2.24) is 10.2 Å². The topological polar surface area (TPSA) is 86.8 Å². The van der Waals surface area contributed by atoms with E-state index < -0.39 is 34.1 Å². The second-order valence-electron chi connectivity index (χ2n) is 10.9. The lowest BCUT2D eigenvalue weighted by atomic mass is 10.1. The third kappa shape index (κ3) is 8.54. The van der Waals surface area contributed by atoms with Gasteiger partial charge in [-0.3, -0.25) is 13.9 Å². The largest absolute Gasteiger partial charge is 0.350 e. The number of anilines is 1. The summed E-state index contributed by atoms with van der Waals surface area (Å²) in [6.45, 7) is 8.42. The summed E-state index contributed by atoms with van der Waals surface area (Å²) in [5, 5.41) is 3.85. The second-order valence-corrected chi connectivity index (χ2v) is 14.4. The Morgan fingerprint density at radius 2 is 1.50 bits per heavy atom. The molecule has 226 valence electrons. The molecule has 3 aromatic rings. The third-order valence-electron chi connectivity index (χ3n) is 6.29. The Hall–Kier alpha value is -2.49. The third-order valence-corrected chi connectivity index (χ3v) is 9.35. The van der Waals surface area contributed by atoms with E-state index in [0.717, 1.165) is 9.87 Å². The molecule has 0 radical (unpaired) electrons. The van der Waals surface area contributed by atoms with Crippen molar-refractivity contribution in [2.24, 2.45) is 0 Å². The maximum Gasteiger partial charge on any atom is 0.264 e. The summed E-state index contributed by atoms with van der Waals surface area (Å²) in [7, 11) is -4.30. The number of halogens is 4. The number of nitrogens with zero attached hydrogens (tertiary/aromatic N) is 2. The monoisotopic (exact) mass is 671 g/mol. The van der Waals surface area contributed by atoms with Crippen LogP contribution in [0.25, 0.3) is 0 Å². The lowest BCUT2D eigenvalue weighted by Gasteiger charge is -2.35. The molecule has 3 rings (SSSR count). The van der Waals surface area contributed by atoms with Crippen molar-refractivity contribution < 1.29 is 18.0 Å². The van der Waals surface area contributed by atoms with Crippen molar-refractivity contribution in [2.45, 2.75) is 64.1 Å². The molecule has 0 saturated heterocycles. The number of benzene rings is 3. The lowest BCUT2D eigenvalue weighted by molar-refractivity contribution is -0.141. The average Bonchev–Trinajstić information content (AvgIpc) is 2.89. The van der Waals surface area contributed by atoms with Crippen LogP contribution in [0, 0.1) is 6.92 Å². The summed E-state index contributed by atoms with van der Waals surface area (Å²) < 4.78 is 28.9. The predicted molar refractivity (Wildman–Crippen MR) is 171 cm³/mol. The van der Waals surface area contributed by atoms with E-state index in [1.807, 2.05) is 27.7 Å². The Morgan fingerprint density at radius 3 is 2.07 bits per heavy atom. The number of hydrogen-bond acceptors (Lipinski definition) is 4. The van der Waals surface area contributed by atoms with Crippen LogP contribution in [0.3, 0.4) is 0 Å². The molecular weight excluding hydrogens is 640 g/mol. The first-order valence-electron chi connectivity index (χ1n) is 13.1. The zero-order valence-corrected chi connectivity index (χ0v) is 27.8. The average molecular weight is 673 g/mol. The summed E-state index contributed by atoms with van der Waals surface area (Å²) in [5.41, 5.74) is 0.923. The van der Waals surface area contributed by atoms with Gasteiger partial charge in [-0.25, -0.2) is 8.42 Å². The molecule has 0 aliphatic carbocycles. The van der Waals surface area contributed by atoms with Crippen molar-refractivity contribution in [3.63, 3.8) is 0 Å². The number of sulfonamides is 1. The van der Waals surface area contributed by atoms with Gasteiger partial charge in [0.1, 0.15) is 12.6 Å².